The monoisotopic (exact) mass is 270 g/mol. The van der Waals surface area contributed by atoms with E-state index in [1.54, 1.807) is 0 Å². The maximum atomic E-state index is 5.89. The van der Waals surface area contributed by atoms with Gasteiger partial charge in [-0.2, -0.15) is 0 Å². The van der Waals surface area contributed by atoms with Crippen molar-refractivity contribution in [3.05, 3.63) is 22.2 Å². The lowest BCUT2D eigenvalue weighted by molar-refractivity contribution is 0.671. The summed E-state index contributed by atoms with van der Waals surface area (Å²) in [6.45, 7) is 6.39. The fourth-order valence-corrected chi connectivity index (χ4v) is 2.09. The minimum atomic E-state index is 0.517. The predicted molar refractivity (Wildman–Crippen MR) is 71.3 cm³/mol. The number of benzene rings is 1. The van der Waals surface area contributed by atoms with Crippen LogP contribution in [-0.4, -0.2) is 6.04 Å². The lowest BCUT2D eigenvalue weighted by atomic mass is 10.1. The molecule has 0 aliphatic rings. The van der Waals surface area contributed by atoms with Gasteiger partial charge in [0, 0.05) is 16.2 Å². The Labute approximate surface area is 100 Å². The van der Waals surface area contributed by atoms with Gasteiger partial charge in [0.1, 0.15) is 0 Å². The number of halogens is 1. The highest BCUT2D eigenvalue weighted by Gasteiger charge is 2.07. The molecule has 0 spiro atoms. The quantitative estimate of drug-likeness (QED) is 0.814. The molecule has 0 bridgehead atoms. The molecular formula is C12H19BrN2. The van der Waals surface area contributed by atoms with Gasteiger partial charge in [-0.1, -0.05) is 13.8 Å². The van der Waals surface area contributed by atoms with E-state index in [2.05, 4.69) is 41.2 Å². The van der Waals surface area contributed by atoms with Crippen molar-refractivity contribution in [2.75, 3.05) is 11.1 Å². The number of rotatable bonds is 4. The second-order valence-corrected chi connectivity index (χ2v) is 4.70. The molecule has 1 rings (SSSR count). The molecule has 3 heteroatoms. The van der Waals surface area contributed by atoms with Gasteiger partial charge in [0.15, 0.2) is 0 Å². The summed E-state index contributed by atoms with van der Waals surface area (Å²) in [5.74, 6) is 0. The van der Waals surface area contributed by atoms with Crippen molar-refractivity contribution in [2.24, 2.45) is 0 Å². The van der Waals surface area contributed by atoms with Crippen LogP contribution in [-0.2, 0) is 0 Å². The third-order valence-corrected chi connectivity index (χ3v) is 3.36. The molecule has 0 aromatic heterocycles. The van der Waals surface area contributed by atoms with Crippen LogP contribution in [0.4, 0.5) is 11.4 Å². The molecule has 0 heterocycles. The Morgan fingerprint density at radius 1 is 1.33 bits per heavy atom. The van der Waals surface area contributed by atoms with Crippen LogP contribution >= 0.6 is 15.9 Å². The molecule has 0 amide bonds. The Morgan fingerprint density at radius 3 is 2.47 bits per heavy atom. The first-order chi connectivity index (χ1) is 7.08. The van der Waals surface area contributed by atoms with Crippen molar-refractivity contribution >= 4 is 27.3 Å². The summed E-state index contributed by atoms with van der Waals surface area (Å²) in [4.78, 5) is 0. The Hall–Kier alpha value is -0.700. The van der Waals surface area contributed by atoms with Gasteiger partial charge in [-0.05, 0) is 53.4 Å². The van der Waals surface area contributed by atoms with E-state index in [-0.39, 0.29) is 0 Å². The lowest BCUT2D eigenvalue weighted by Gasteiger charge is -2.18. The van der Waals surface area contributed by atoms with E-state index in [1.807, 2.05) is 13.0 Å². The van der Waals surface area contributed by atoms with Gasteiger partial charge in [-0.25, -0.2) is 0 Å². The first-order valence-corrected chi connectivity index (χ1v) is 6.19. The van der Waals surface area contributed by atoms with Crippen LogP contribution in [0, 0.1) is 6.92 Å². The smallest absolute Gasteiger partial charge is 0.0507 e. The molecule has 0 radical (unpaired) electrons. The summed E-state index contributed by atoms with van der Waals surface area (Å²) in [6, 6.07) is 4.57. The molecule has 0 saturated carbocycles. The van der Waals surface area contributed by atoms with E-state index in [1.165, 1.54) is 0 Å². The maximum Gasteiger partial charge on any atom is 0.0507 e. The molecule has 0 aliphatic heterocycles. The molecule has 0 unspecified atom stereocenters. The molecular weight excluding hydrogens is 252 g/mol. The van der Waals surface area contributed by atoms with Crippen LogP contribution < -0.4 is 11.1 Å². The van der Waals surface area contributed by atoms with Crippen molar-refractivity contribution in [1.82, 2.24) is 0 Å². The van der Waals surface area contributed by atoms with Crippen molar-refractivity contribution in [3.63, 3.8) is 0 Å². The SMILES string of the molecule is CCC(CC)Nc1cc(N)c(C)cc1Br. The second-order valence-electron chi connectivity index (χ2n) is 3.85. The van der Waals surface area contributed by atoms with Crippen molar-refractivity contribution in [2.45, 2.75) is 39.7 Å². The normalized spacial score (nSPS) is 10.7. The van der Waals surface area contributed by atoms with Gasteiger partial charge < -0.3 is 11.1 Å². The van der Waals surface area contributed by atoms with Gasteiger partial charge in [0.2, 0.25) is 0 Å². The van der Waals surface area contributed by atoms with E-state index >= 15 is 0 Å². The van der Waals surface area contributed by atoms with Crippen molar-refractivity contribution < 1.29 is 0 Å². The molecule has 84 valence electrons. The summed E-state index contributed by atoms with van der Waals surface area (Å²) in [7, 11) is 0. The predicted octanol–water partition coefficient (Wildman–Crippen LogP) is 3.94. The molecule has 0 aliphatic carbocycles. The average Bonchev–Trinajstić information content (AvgIpc) is 2.21. The van der Waals surface area contributed by atoms with Crippen LogP contribution in [0.2, 0.25) is 0 Å². The Balaban J connectivity index is 2.89. The van der Waals surface area contributed by atoms with Gasteiger partial charge in [0.05, 0.1) is 5.69 Å². The molecule has 0 saturated heterocycles. The van der Waals surface area contributed by atoms with Gasteiger partial charge in [0.25, 0.3) is 0 Å². The number of aryl methyl sites for hydroxylation is 1. The molecule has 1 aromatic carbocycles. The number of nitrogens with one attached hydrogen (secondary N) is 1. The largest absolute Gasteiger partial charge is 0.398 e. The fraction of sp³-hybridized carbons (Fsp3) is 0.500. The summed E-state index contributed by atoms with van der Waals surface area (Å²) in [5.41, 5.74) is 8.92. The molecule has 2 nitrogen and oxygen atoms in total. The zero-order valence-corrected chi connectivity index (χ0v) is 11.2. The van der Waals surface area contributed by atoms with Crippen LogP contribution in [0.15, 0.2) is 16.6 Å². The van der Waals surface area contributed by atoms with E-state index in [9.17, 15) is 0 Å². The second kappa shape index (κ2) is 5.40. The minimum absolute atomic E-state index is 0.517. The summed E-state index contributed by atoms with van der Waals surface area (Å²) in [6.07, 6.45) is 2.24. The first kappa shape index (κ1) is 12.4. The Kier molecular flexibility index (Phi) is 4.45. The van der Waals surface area contributed by atoms with E-state index in [0.717, 1.165) is 34.3 Å². The summed E-state index contributed by atoms with van der Waals surface area (Å²) in [5, 5.41) is 3.49. The molecule has 0 atom stereocenters. The standard InChI is InChI=1S/C12H19BrN2/c1-4-9(5-2)15-12-7-11(14)8(3)6-10(12)13/h6-7,9,15H,4-5,14H2,1-3H3. The zero-order chi connectivity index (χ0) is 11.4. The molecule has 0 fully saturated rings. The number of hydrogen-bond donors (Lipinski definition) is 2. The first-order valence-electron chi connectivity index (χ1n) is 5.40. The van der Waals surface area contributed by atoms with Crippen LogP contribution in [0.5, 0.6) is 0 Å². The van der Waals surface area contributed by atoms with Crippen LogP contribution in [0.1, 0.15) is 32.3 Å². The Bertz CT molecular complexity index is 333. The van der Waals surface area contributed by atoms with Crippen molar-refractivity contribution in [1.29, 1.82) is 0 Å². The number of nitrogen functional groups attached to an aromatic ring is 1. The highest BCUT2D eigenvalue weighted by Crippen LogP contribution is 2.28. The van der Waals surface area contributed by atoms with E-state index in [4.69, 9.17) is 5.73 Å². The fourth-order valence-electron chi connectivity index (χ4n) is 1.51. The van der Waals surface area contributed by atoms with Crippen LogP contribution in [0.25, 0.3) is 0 Å². The third-order valence-electron chi connectivity index (χ3n) is 2.70. The molecule has 1 aromatic rings. The molecule has 3 N–H and O–H groups in total. The Morgan fingerprint density at radius 2 is 1.93 bits per heavy atom. The lowest BCUT2D eigenvalue weighted by Crippen LogP contribution is -2.17. The van der Waals surface area contributed by atoms with E-state index in [0.29, 0.717) is 6.04 Å². The topological polar surface area (TPSA) is 38.0 Å². The minimum Gasteiger partial charge on any atom is -0.398 e. The molecule has 15 heavy (non-hydrogen) atoms. The zero-order valence-electron chi connectivity index (χ0n) is 9.60. The average molecular weight is 271 g/mol. The van der Waals surface area contributed by atoms with Gasteiger partial charge >= 0.3 is 0 Å². The number of anilines is 2. The van der Waals surface area contributed by atoms with Crippen LogP contribution in [0.3, 0.4) is 0 Å². The number of nitrogens with two attached hydrogens (primary N) is 1. The summed E-state index contributed by atoms with van der Waals surface area (Å²) >= 11 is 3.55. The van der Waals surface area contributed by atoms with Gasteiger partial charge in [-0.15, -0.1) is 0 Å². The highest BCUT2D eigenvalue weighted by molar-refractivity contribution is 9.10. The highest BCUT2D eigenvalue weighted by atomic mass is 79.9. The van der Waals surface area contributed by atoms with Crippen molar-refractivity contribution in [3.8, 4) is 0 Å². The van der Waals surface area contributed by atoms with Gasteiger partial charge in [-0.3, -0.25) is 0 Å². The summed E-state index contributed by atoms with van der Waals surface area (Å²) < 4.78 is 1.08. The maximum absolute atomic E-state index is 5.89. The third kappa shape index (κ3) is 3.13. The number of hydrogen-bond acceptors (Lipinski definition) is 2. The van der Waals surface area contributed by atoms with E-state index < -0.39 is 0 Å².